The molecule has 1 aromatic carbocycles. The van der Waals surface area contributed by atoms with Crippen molar-refractivity contribution in [1.82, 2.24) is 4.90 Å². The third-order valence-corrected chi connectivity index (χ3v) is 2.96. The molecule has 2 atom stereocenters. The van der Waals surface area contributed by atoms with Crippen LogP contribution in [0.4, 0.5) is 0 Å². The fraction of sp³-hybridized carbons (Fsp3) is 0.417. The van der Waals surface area contributed by atoms with Crippen LogP contribution in [0.15, 0.2) is 24.3 Å². The number of carbonyl (C=O) groups is 1. The van der Waals surface area contributed by atoms with Gasteiger partial charge in [-0.1, -0.05) is 12.1 Å². The molecule has 1 amide bonds. The summed E-state index contributed by atoms with van der Waals surface area (Å²) in [4.78, 5) is 13.5. The Hall–Kier alpha value is -1.43. The van der Waals surface area contributed by atoms with Crippen molar-refractivity contribution < 1.29 is 15.0 Å². The minimum Gasteiger partial charge on any atom is -0.388 e. The number of hydrogen-bond acceptors (Lipinski definition) is 4. The Balaban J connectivity index is 2.14. The first-order chi connectivity index (χ1) is 8.11. The second-order valence-electron chi connectivity index (χ2n) is 4.25. The molecule has 4 N–H and O–H groups in total. The molecule has 1 aromatic rings. The molecule has 0 bridgehead atoms. The highest BCUT2D eigenvalue weighted by molar-refractivity contribution is 5.94. The summed E-state index contributed by atoms with van der Waals surface area (Å²) in [6, 6.07) is 7.07. The van der Waals surface area contributed by atoms with Gasteiger partial charge in [0, 0.05) is 25.2 Å². The van der Waals surface area contributed by atoms with E-state index in [-0.39, 0.29) is 19.0 Å². The number of aliphatic hydroxyl groups excluding tert-OH is 2. The number of nitrogens with two attached hydrogens (primary N) is 1. The van der Waals surface area contributed by atoms with E-state index in [0.29, 0.717) is 12.1 Å². The van der Waals surface area contributed by atoms with Gasteiger partial charge in [-0.2, -0.15) is 0 Å². The molecule has 2 rings (SSSR count). The molecule has 1 fully saturated rings. The van der Waals surface area contributed by atoms with E-state index in [1.165, 1.54) is 4.90 Å². The Labute approximate surface area is 99.5 Å². The van der Waals surface area contributed by atoms with E-state index in [4.69, 9.17) is 5.73 Å². The lowest BCUT2D eigenvalue weighted by molar-refractivity contribution is 0.0572. The van der Waals surface area contributed by atoms with Gasteiger partial charge in [-0.25, -0.2) is 0 Å². The highest BCUT2D eigenvalue weighted by Gasteiger charge is 2.32. The molecule has 92 valence electrons. The molecule has 0 radical (unpaired) electrons. The molecule has 17 heavy (non-hydrogen) atoms. The third-order valence-electron chi connectivity index (χ3n) is 2.96. The van der Waals surface area contributed by atoms with E-state index < -0.39 is 12.2 Å². The summed E-state index contributed by atoms with van der Waals surface area (Å²) in [7, 11) is 0. The van der Waals surface area contributed by atoms with Crippen molar-refractivity contribution in [2.75, 3.05) is 13.1 Å². The summed E-state index contributed by atoms with van der Waals surface area (Å²) >= 11 is 0. The Morgan fingerprint density at radius 2 is 2.00 bits per heavy atom. The van der Waals surface area contributed by atoms with Gasteiger partial charge in [-0.3, -0.25) is 4.79 Å². The van der Waals surface area contributed by atoms with Crippen LogP contribution in [0.5, 0.6) is 0 Å². The predicted molar refractivity (Wildman–Crippen MR) is 62.3 cm³/mol. The summed E-state index contributed by atoms with van der Waals surface area (Å²) in [5, 5.41) is 18.8. The van der Waals surface area contributed by atoms with Crippen molar-refractivity contribution >= 4 is 5.91 Å². The Kier molecular flexibility index (Phi) is 3.42. The fourth-order valence-corrected chi connectivity index (χ4v) is 1.95. The maximum absolute atomic E-state index is 12.1. The molecular formula is C12H16N2O3. The van der Waals surface area contributed by atoms with Gasteiger partial charge in [0.15, 0.2) is 0 Å². The standard InChI is InChI=1S/C12H16N2O3/c13-5-8-2-1-3-9(4-8)12(17)14-6-10(15)11(16)7-14/h1-4,10-11,15-16H,5-7,13H2. The summed E-state index contributed by atoms with van der Waals surface area (Å²) < 4.78 is 0. The average Bonchev–Trinajstić information content (AvgIpc) is 2.69. The SMILES string of the molecule is NCc1cccc(C(=O)N2CC(O)C(O)C2)c1. The predicted octanol–water partition coefficient (Wildman–Crippen LogP) is -0.677. The van der Waals surface area contributed by atoms with Crippen molar-refractivity contribution in [2.45, 2.75) is 18.8 Å². The lowest BCUT2D eigenvalue weighted by atomic mass is 10.1. The lowest BCUT2D eigenvalue weighted by Crippen LogP contribution is -2.29. The maximum atomic E-state index is 12.1. The molecule has 0 spiro atoms. The number of hydrogen-bond donors (Lipinski definition) is 3. The number of rotatable bonds is 2. The highest BCUT2D eigenvalue weighted by atomic mass is 16.3. The summed E-state index contributed by atoms with van der Waals surface area (Å²) in [5.74, 6) is -0.184. The Bertz CT molecular complexity index is 412. The zero-order valence-corrected chi connectivity index (χ0v) is 9.41. The lowest BCUT2D eigenvalue weighted by Gasteiger charge is -2.15. The number of amides is 1. The molecule has 0 aliphatic carbocycles. The second kappa shape index (κ2) is 4.83. The van der Waals surface area contributed by atoms with Crippen LogP contribution in [0, 0.1) is 0 Å². The van der Waals surface area contributed by atoms with Gasteiger partial charge < -0.3 is 20.8 Å². The van der Waals surface area contributed by atoms with E-state index in [9.17, 15) is 15.0 Å². The molecular weight excluding hydrogens is 220 g/mol. The van der Waals surface area contributed by atoms with Gasteiger partial charge in [-0.15, -0.1) is 0 Å². The molecule has 2 unspecified atom stereocenters. The highest BCUT2D eigenvalue weighted by Crippen LogP contribution is 2.15. The van der Waals surface area contributed by atoms with Crippen molar-refractivity contribution in [2.24, 2.45) is 5.73 Å². The number of β-amino-alcohol motifs (C(OH)–C–C–N with tert-alkyl or cyclic N) is 2. The molecule has 1 heterocycles. The summed E-state index contributed by atoms with van der Waals surface area (Å²) in [5.41, 5.74) is 6.93. The number of benzene rings is 1. The van der Waals surface area contributed by atoms with Gasteiger partial charge in [0.1, 0.15) is 0 Å². The van der Waals surface area contributed by atoms with Crippen molar-refractivity contribution in [3.63, 3.8) is 0 Å². The Morgan fingerprint density at radius 1 is 1.35 bits per heavy atom. The first-order valence-corrected chi connectivity index (χ1v) is 5.56. The monoisotopic (exact) mass is 236 g/mol. The van der Waals surface area contributed by atoms with E-state index in [1.54, 1.807) is 18.2 Å². The van der Waals surface area contributed by atoms with Gasteiger partial charge in [0.2, 0.25) is 0 Å². The molecule has 1 aliphatic rings. The smallest absolute Gasteiger partial charge is 0.254 e. The first-order valence-electron chi connectivity index (χ1n) is 5.56. The van der Waals surface area contributed by atoms with Crippen LogP contribution in [-0.4, -0.2) is 46.3 Å². The second-order valence-corrected chi connectivity index (χ2v) is 4.25. The summed E-state index contributed by atoms with van der Waals surface area (Å²) in [6.45, 7) is 0.728. The van der Waals surface area contributed by atoms with Gasteiger partial charge in [0.05, 0.1) is 12.2 Å². The van der Waals surface area contributed by atoms with Crippen LogP contribution in [-0.2, 0) is 6.54 Å². The van der Waals surface area contributed by atoms with Crippen LogP contribution in [0.25, 0.3) is 0 Å². The third kappa shape index (κ3) is 2.46. The summed E-state index contributed by atoms with van der Waals surface area (Å²) in [6.07, 6.45) is -1.70. The zero-order chi connectivity index (χ0) is 12.4. The minimum absolute atomic E-state index is 0.173. The van der Waals surface area contributed by atoms with E-state index >= 15 is 0 Å². The molecule has 5 nitrogen and oxygen atoms in total. The Morgan fingerprint density at radius 3 is 2.59 bits per heavy atom. The fourth-order valence-electron chi connectivity index (χ4n) is 1.95. The normalized spacial score (nSPS) is 24.1. The first kappa shape index (κ1) is 12.0. The quantitative estimate of drug-likeness (QED) is 0.635. The number of carbonyl (C=O) groups excluding carboxylic acids is 1. The van der Waals surface area contributed by atoms with Crippen molar-refractivity contribution in [1.29, 1.82) is 0 Å². The van der Waals surface area contributed by atoms with E-state index in [2.05, 4.69) is 0 Å². The average molecular weight is 236 g/mol. The maximum Gasteiger partial charge on any atom is 0.254 e. The largest absolute Gasteiger partial charge is 0.388 e. The molecule has 0 aromatic heterocycles. The number of nitrogens with zero attached hydrogens (tertiary/aromatic N) is 1. The molecule has 1 saturated heterocycles. The van der Waals surface area contributed by atoms with Gasteiger partial charge in [0.25, 0.3) is 5.91 Å². The molecule has 5 heteroatoms. The van der Waals surface area contributed by atoms with Crippen LogP contribution in [0.3, 0.4) is 0 Å². The van der Waals surface area contributed by atoms with E-state index in [0.717, 1.165) is 5.56 Å². The zero-order valence-electron chi connectivity index (χ0n) is 9.41. The number of aliphatic hydroxyl groups is 2. The van der Waals surface area contributed by atoms with Crippen LogP contribution in [0.2, 0.25) is 0 Å². The van der Waals surface area contributed by atoms with Crippen LogP contribution in [0.1, 0.15) is 15.9 Å². The molecule has 1 aliphatic heterocycles. The van der Waals surface area contributed by atoms with Crippen molar-refractivity contribution in [3.8, 4) is 0 Å². The number of likely N-dealkylation sites (tertiary alicyclic amines) is 1. The van der Waals surface area contributed by atoms with E-state index in [1.807, 2.05) is 6.07 Å². The van der Waals surface area contributed by atoms with Crippen molar-refractivity contribution in [3.05, 3.63) is 35.4 Å². The van der Waals surface area contributed by atoms with Gasteiger partial charge >= 0.3 is 0 Å². The van der Waals surface area contributed by atoms with Gasteiger partial charge in [-0.05, 0) is 17.7 Å². The molecule has 0 saturated carbocycles. The topological polar surface area (TPSA) is 86.8 Å². The minimum atomic E-state index is -0.850. The van der Waals surface area contributed by atoms with Crippen LogP contribution < -0.4 is 5.73 Å². The van der Waals surface area contributed by atoms with Crippen LogP contribution >= 0.6 is 0 Å².